The van der Waals surface area contributed by atoms with E-state index in [1.807, 2.05) is 32.0 Å². The Bertz CT molecular complexity index is 514. The first-order valence-electron chi connectivity index (χ1n) is 7.04. The number of rotatable bonds is 5. The quantitative estimate of drug-likeness (QED) is 0.768. The zero-order chi connectivity index (χ0) is 14.5. The van der Waals surface area contributed by atoms with Crippen LogP contribution in [0.4, 0.5) is 11.4 Å². The minimum Gasteiger partial charge on any atom is -0.326 e. The molecule has 0 bridgehead atoms. The van der Waals surface area contributed by atoms with Gasteiger partial charge in [0, 0.05) is 30.3 Å². The van der Waals surface area contributed by atoms with Gasteiger partial charge in [0.05, 0.1) is 0 Å². The molecule has 3 N–H and O–H groups in total. The van der Waals surface area contributed by atoms with Crippen molar-refractivity contribution >= 4 is 23.2 Å². The van der Waals surface area contributed by atoms with Gasteiger partial charge < -0.3 is 16.0 Å². The Morgan fingerprint density at radius 2 is 2.20 bits per heavy atom. The Balaban J connectivity index is 1.97. The summed E-state index contributed by atoms with van der Waals surface area (Å²) in [4.78, 5) is 23.2. The molecule has 2 rings (SSSR count). The summed E-state index contributed by atoms with van der Waals surface area (Å²) < 4.78 is 0. The van der Waals surface area contributed by atoms with Crippen LogP contribution in [0.25, 0.3) is 0 Å². The highest BCUT2D eigenvalue weighted by Crippen LogP contribution is 2.25. The molecule has 108 valence electrons. The van der Waals surface area contributed by atoms with E-state index in [1.54, 1.807) is 0 Å². The molecule has 0 saturated heterocycles. The molecule has 1 atom stereocenters. The number of carbonyl (C=O) groups excluding carboxylic acids is 2. The lowest BCUT2D eigenvalue weighted by atomic mass is 10.0. The first kappa shape index (κ1) is 14.5. The molecule has 0 radical (unpaired) electrons. The minimum atomic E-state index is -0.00162. The molecule has 1 aliphatic rings. The van der Waals surface area contributed by atoms with Crippen molar-refractivity contribution in [1.82, 2.24) is 5.32 Å². The molecule has 1 aromatic rings. The van der Waals surface area contributed by atoms with Crippen LogP contribution in [0.5, 0.6) is 0 Å². The van der Waals surface area contributed by atoms with Gasteiger partial charge in [-0.15, -0.1) is 0 Å². The van der Waals surface area contributed by atoms with Crippen molar-refractivity contribution in [2.75, 3.05) is 17.2 Å². The summed E-state index contributed by atoms with van der Waals surface area (Å²) in [5.41, 5.74) is 2.70. The van der Waals surface area contributed by atoms with Gasteiger partial charge in [-0.1, -0.05) is 6.92 Å². The zero-order valence-corrected chi connectivity index (χ0v) is 12.0. The second-order valence-electron chi connectivity index (χ2n) is 5.13. The second kappa shape index (κ2) is 6.52. The third-order valence-electron chi connectivity index (χ3n) is 3.33. The number of aryl methyl sites for hydroxylation is 1. The molecule has 5 heteroatoms. The van der Waals surface area contributed by atoms with Crippen LogP contribution < -0.4 is 16.0 Å². The summed E-state index contributed by atoms with van der Waals surface area (Å²) in [5, 5.41) is 8.94. The summed E-state index contributed by atoms with van der Waals surface area (Å²) in [6.45, 7) is 4.87. The lowest BCUT2D eigenvalue weighted by Gasteiger charge is -2.18. The molecule has 1 heterocycles. The van der Waals surface area contributed by atoms with E-state index in [-0.39, 0.29) is 17.9 Å². The molecule has 0 saturated carbocycles. The monoisotopic (exact) mass is 275 g/mol. The number of hydrogen-bond donors (Lipinski definition) is 3. The maximum absolute atomic E-state index is 11.9. The van der Waals surface area contributed by atoms with E-state index >= 15 is 0 Å². The molecule has 0 spiro atoms. The maximum atomic E-state index is 11.9. The Kier molecular flexibility index (Phi) is 4.74. The Morgan fingerprint density at radius 1 is 1.40 bits per heavy atom. The highest BCUT2D eigenvalue weighted by molar-refractivity contribution is 5.95. The number of benzene rings is 1. The van der Waals surface area contributed by atoms with Crippen molar-refractivity contribution < 1.29 is 9.59 Å². The van der Waals surface area contributed by atoms with E-state index in [2.05, 4.69) is 16.0 Å². The van der Waals surface area contributed by atoms with Crippen LogP contribution in [0.1, 0.15) is 32.3 Å². The van der Waals surface area contributed by atoms with Gasteiger partial charge >= 0.3 is 0 Å². The van der Waals surface area contributed by atoms with Gasteiger partial charge in [-0.3, -0.25) is 9.59 Å². The number of anilines is 2. The zero-order valence-electron chi connectivity index (χ0n) is 12.0. The van der Waals surface area contributed by atoms with E-state index in [0.717, 1.165) is 29.9 Å². The predicted molar refractivity (Wildman–Crippen MR) is 79.8 cm³/mol. The van der Waals surface area contributed by atoms with Crippen LogP contribution in [-0.4, -0.2) is 24.4 Å². The Labute approximate surface area is 119 Å². The van der Waals surface area contributed by atoms with Crippen molar-refractivity contribution in [3.05, 3.63) is 23.8 Å². The van der Waals surface area contributed by atoms with Crippen LogP contribution in [0.2, 0.25) is 0 Å². The molecule has 5 nitrogen and oxygen atoms in total. The molecule has 0 fully saturated rings. The van der Waals surface area contributed by atoms with Gasteiger partial charge in [-0.2, -0.15) is 0 Å². The summed E-state index contributed by atoms with van der Waals surface area (Å²) in [6, 6.07) is 5.76. The van der Waals surface area contributed by atoms with Crippen molar-refractivity contribution in [2.24, 2.45) is 0 Å². The van der Waals surface area contributed by atoms with Gasteiger partial charge in [-0.05, 0) is 43.7 Å². The van der Waals surface area contributed by atoms with Crippen LogP contribution in [-0.2, 0) is 16.0 Å². The SMILES string of the molecule is CCNC(C)CC(=O)Nc1ccc2c(c1)CCC(=O)N2. The highest BCUT2D eigenvalue weighted by Gasteiger charge is 2.15. The van der Waals surface area contributed by atoms with Crippen molar-refractivity contribution in [1.29, 1.82) is 0 Å². The number of fused-ring (bicyclic) bond motifs is 1. The Morgan fingerprint density at radius 3 is 2.95 bits per heavy atom. The van der Waals surface area contributed by atoms with E-state index in [9.17, 15) is 9.59 Å². The maximum Gasteiger partial charge on any atom is 0.225 e. The summed E-state index contributed by atoms with van der Waals surface area (Å²) in [7, 11) is 0. The third kappa shape index (κ3) is 3.81. The van der Waals surface area contributed by atoms with Crippen molar-refractivity contribution in [3.63, 3.8) is 0 Å². The fourth-order valence-electron chi connectivity index (χ4n) is 2.37. The first-order chi connectivity index (χ1) is 9.58. The largest absolute Gasteiger partial charge is 0.326 e. The average molecular weight is 275 g/mol. The van der Waals surface area contributed by atoms with Gasteiger partial charge in [0.25, 0.3) is 0 Å². The third-order valence-corrected chi connectivity index (χ3v) is 3.33. The first-order valence-corrected chi connectivity index (χ1v) is 7.04. The molecule has 0 aromatic heterocycles. The van der Waals surface area contributed by atoms with Gasteiger partial charge in [0.2, 0.25) is 11.8 Å². The molecule has 1 unspecified atom stereocenters. The van der Waals surface area contributed by atoms with Gasteiger partial charge in [0.15, 0.2) is 0 Å². The lowest BCUT2D eigenvalue weighted by Crippen LogP contribution is -2.30. The van der Waals surface area contributed by atoms with E-state index in [4.69, 9.17) is 0 Å². The number of nitrogens with one attached hydrogen (secondary N) is 3. The normalized spacial score (nSPS) is 15.2. The topological polar surface area (TPSA) is 70.2 Å². The van der Waals surface area contributed by atoms with Crippen LogP contribution >= 0.6 is 0 Å². The summed E-state index contributed by atoms with van der Waals surface area (Å²) in [6.07, 6.45) is 1.67. The molecule has 1 aromatic carbocycles. The van der Waals surface area contributed by atoms with Crippen molar-refractivity contribution in [2.45, 2.75) is 39.2 Å². The fourth-order valence-corrected chi connectivity index (χ4v) is 2.37. The summed E-state index contributed by atoms with van der Waals surface area (Å²) in [5.74, 6) is 0.0481. The highest BCUT2D eigenvalue weighted by atomic mass is 16.2. The standard InChI is InChI=1S/C15H21N3O2/c1-3-16-10(2)8-15(20)17-12-5-6-13-11(9-12)4-7-14(19)18-13/h5-6,9-10,16H,3-4,7-8H2,1-2H3,(H,17,20)(H,18,19). The molecule has 1 aliphatic heterocycles. The molecule has 20 heavy (non-hydrogen) atoms. The van der Waals surface area contributed by atoms with E-state index in [0.29, 0.717) is 12.8 Å². The number of hydrogen-bond acceptors (Lipinski definition) is 3. The molecule has 0 aliphatic carbocycles. The molecular weight excluding hydrogens is 254 g/mol. The van der Waals surface area contributed by atoms with Crippen LogP contribution in [0, 0.1) is 0 Å². The Hall–Kier alpha value is -1.88. The van der Waals surface area contributed by atoms with E-state index < -0.39 is 0 Å². The second-order valence-corrected chi connectivity index (χ2v) is 5.13. The summed E-state index contributed by atoms with van der Waals surface area (Å²) >= 11 is 0. The lowest BCUT2D eigenvalue weighted by molar-refractivity contribution is -0.117. The van der Waals surface area contributed by atoms with Crippen molar-refractivity contribution in [3.8, 4) is 0 Å². The average Bonchev–Trinajstić information content (AvgIpc) is 2.39. The van der Waals surface area contributed by atoms with Crippen LogP contribution in [0.15, 0.2) is 18.2 Å². The van der Waals surface area contributed by atoms with Gasteiger partial charge in [0.1, 0.15) is 0 Å². The number of carbonyl (C=O) groups is 2. The molecule has 2 amide bonds. The smallest absolute Gasteiger partial charge is 0.225 e. The minimum absolute atomic E-state index is 0.00162. The number of amides is 2. The molecular formula is C15H21N3O2. The van der Waals surface area contributed by atoms with Gasteiger partial charge in [-0.25, -0.2) is 0 Å². The predicted octanol–water partition coefficient (Wildman–Crippen LogP) is 1.90. The fraction of sp³-hybridized carbons (Fsp3) is 0.467. The van der Waals surface area contributed by atoms with E-state index in [1.165, 1.54) is 0 Å². The van der Waals surface area contributed by atoms with Crippen LogP contribution in [0.3, 0.4) is 0 Å².